The molecule has 21 heavy (non-hydrogen) atoms. The molecular formula is C16H23N3O2. The van der Waals surface area contributed by atoms with E-state index in [9.17, 15) is 4.79 Å². The lowest BCUT2D eigenvalue weighted by atomic mass is 9.99. The molecule has 0 N–H and O–H groups in total. The largest absolute Gasteiger partial charge is 0.466 e. The van der Waals surface area contributed by atoms with Crippen LogP contribution < -0.4 is 0 Å². The van der Waals surface area contributed by atoms with E-state index in [1.165, 1.54) is 5.56 Å². The zero-order chi connectivity index (χ0) is 15.5. The van der Waals surface area contributed by atoms with E-state index >= 15 is 0 Å². The van der Waals surface area contributed by atoms with Crippen LogP contribution in [0.3, 0.4) is 0 Å². The normalized spacial score (nSPS) is 11.5. The number of benzene rings is 1. The molecule has 0 saturated heterocycles. The number of ether oxygens (including phenoxy) is 1. The summed E-state index contributed by atoms with van der Waals surface area (Å²) in [5.41, 5.74) is 11.0. The third-order valence-corrected chi connectivity index (χ3v) is 3.26. The van der Waals surface area contributed by atoms with Crippen molar-refractivity contribution in [2.75, 3.05) is 6.61 Å². The Balaban J connectivity index is 2.60. The van der Waals surface area contributed by atoms with Crippen molar-refractivity contribution in [2.24, 2.45) is 5.11 Å². The van der Waals surface area contributed by atoms with E-state index in [1.807, 2.05) is 12.1 Å². The maximum Gasteiger partial charge on any atom is 0.305 e. The Morgan fingerprint density at radius 2 is 2.05 bits per heavy atom. The van der Waals surface area contributed by atoms with Gasteiger partial charge in [-0.1, -0.05) is 42.7 Å². The lowest BCUT2D eigenvalue weighted by Crippen LogP contribution is -2.04. The molecule has 0 amide bonds. The second-order valence-electron chi connectivity index (χ2n) is 4.91. The fourth-order valence-electron chi connectivity index (χ4n) is 2.22. The van der Waals surface area contributed by atoms with E-state index in [0.717, 1.165) is 18.4 Å². The van der Waals surface area contributed by atoms with Crippen LogP contribution in [-0.2, 0) is 16.0 Å². The minimum atomic E-state index is -0.222. The summed E-state index contributed by atoms with van der Waals surface area (Å²) < 4.78 is 4.89. The van der Waals surface area contributed by atoms with E-state index in [2.05, 4.69) is 29.1 Å². The Kier molecular flexibility index (Phi) is 7.99. The van der Waals surface area contributed by atoms with Crippen LogP contribution in [0.1, 0.15) is 56.7 Å². The molecule has 5 heteroatoms. The van der Waals surface area contributed by atoms with Gasteiger partial charge in [0.05, 0.1) is 12.6 Å². The molecule has 0 aromatic heterocycles. The third-order valence-electron chi connectivity index (χ3n) is 3.26. The Hall–Kier alpha value is -2.00. The van der Waals surface area contributed by atoms with Gasteiger partial charge in [0.15, 0.2) is 0 Å². The Labute approximate surface area is 125 Å². The highest BCUT2D eigenvalue weighted by Crippen LogP contribution is 2.24. The van der Waals surface area contributed by atoms with Crippen molar-refractivity contribution in [1.82, 2.24) is 0 Å². The van der Waals surface area contributed by atoms with Crippen molar-refractivity contribution in [3.63, 3.8) is 0 Å². The number of hydrogen-bond donors (Lipinski definition) is 0. The number of rotatable bonds is 9. The van der Waals surface area contributed by atoms with Crippen LogP contribution in [0.5, 0.6) is 0 Å². The summed E-state index contributed by atoms with van der Waals surface area (Å²) in [6.45, 7) is 4.34. The van der Waals surface area contributed by atoms with Gasteiger partial charge in [-0.25, -0.2) is 0 Å². The molecule has 0 aliphatic rings. The quantitative estimate of drug-likeness (QED) is 0.285. The molecule has 0 radical (unpaired) electrons. The summed E-state index contributed by atoms with van der Waals surface area (Å²) in [6, 6.07) is 7.94. The Morgan fingerprint density at radius 3 is 2.62 bits per heavy atom. The van der Waals surface area contributed by atoms with Gasteiger partial charge in [-0.05, 0) is 42.8 Å². The van der Waals surface area contributed by atoms with E-state index in [-0.39, 0.29) is 12.0 Å². The number of carbonyl (C=O) groups excluding carboxylic acids is 1. The summed E-state index contributed by atoms with van der Waals surface area (Å²) in [6.07, 6.45) is 3.82. The molecule has 0 aliphatic carbocycles. The minimum Gasteiger partial charge on any atom is -0.466 e. The molecule has 1 aromatic rings. The number of esters is 1. The molecule has 1 atom stereocenters. The van der Waals surface area contributed by atoms with Crippen LogP contribution in [0.4, 0.5) is 0 Å². The summed E-state index contributed by atoms with van der Waals surface area (Å²) in [4.78, 5) is 14.2. The zero-order valence-corrected chi connectivity index (χ0v) is 12.8. The van der Waals surface area contributed by atoms with Crippen LogP contribution >= 0.6 is 0 Å². The van der Waals surface area contributed by atoms with Crippen LogP contribution in [0, 0.1) is 0 Å². The maximum atomic E-state index is 11.3. The number of aryl methyl sites for hydroxylation is 1. The van der Waals surface area contributed by atoms with Crippen LogP contribution in [0.15, 0.2) is 29.4 Å². The van der Waals surface area contributed by atoms with Crippen molar-refractivity contribution in [3.05, 3.63) is 45.8 Å². The Morgan fingerprint density at radius 1 is 1.33 bits per heavy atom. The number of hydrogen-bond acceptors (Lipinski definition) is 3. The summed E-state index contributed by atoms with van der Waals surface area (Å²) in [5, 5.41) is 3.84. The van der Waals surface area contributed by atoms with Gasteiger partial charge in [0.1, 0.15) is 0 Å². The topological polar surface area (TPSA) is 75.1 Å². The zero-order valence-electron chi connectivity index (χ0n) is 12.8. The van der Waals surface area contributed by atoms with Gasteiger partial charge in [-0.2, -0.15) is 0 Å². The molecule has 1 unspecified atom stereocenters. The average Bonchev–Trinajstić information content (AvgIpc) is 2.48. The van der Waals surface area contributed by atoms with Gasteiger partial charge in [0.2, 0.25) is 0 Å². The van der Waals surface area contributed by atoms with Crippen LogP contribution in [0.25, 0.3) is 10.4 Å². The maximum absolute atomic E-state index is 11.3. The number of azide groups is 1. The smallest absolute Gasteiger partial charge is 0.305 e. The van der Waals surface area contributed by atoms with Crippen molar-refractivity contribution >= 4 is 5.97 Å². The lowest BCUT2D eigenvalue weighted by molar-refractivity contribution is -0.143. The predicted molar refractivity (Wildman–Crippen MR) is 82.8 cm³/mol. The third kappa shape index (κ3) is 6.32. The molecule has 0 spiro atoms. The molecule has 114 valence electrons. The molecule has 1 aromatic carbocycles. The number of carbonyl (C=O) groups is 1. The van der Waals surface area contributed by atoms with Gasteiger partial charge in [-0.3, -0.25) is 4.79 Å². The molecule has 1 rings (SSSR count). The van der Waals surface area contributed by atoms with Crippen molar-refractivity contribution in [2.45, 2.75) is 52.0 Å². The summed E-state index contributed by atoms with van der Waals surface area (Å²) in [7, 11) is 0. The van der Waals surface area contributed by atoms with Gasteiger partial charge in [0.25, 0.3) is 0 Å². The van der Waals surface area contributed by atoms with Crippen molar-refractivity contribution in [1.29, 1.82) is 0 Å². The highest BCUT2D eigenvalue weighted by molar-refractivity contribution is 5.69. The average molecular weight is 289 g/mol. The van der Waals surface area contributed by atoms with Crippen molar-refractivity contribution < 1.29 is 9.53 Å². The van der Waals surface area contributed by atoms with Gasteiger partial charge in [-0.15, -0.1) is 0 Å². The van der Waals surface area contributed by atoms with Gasteiger partial charge in [0, 0.05) is 11.3 Å². The van der Waals surface area contributed by atoms with Crippen molar-refractivity contribution in [3.8, 4) is 0 Å². The van der Waals surface area contributed by atoms with E-state index in [0.29, 0.717) is 25.9 Å². The van der Waals surface area contributed by atoms with Gasteiger partial charge >= 0.3 is 5.97 Å². The molecular weight excluding hydrogens is 266 g/mol. The molecule has 0 bridgehead atoms. The molecule has 5 nitrogen and oxygen atoms in total. The lowest BCUT2D eigenvalue weighted by Gasteiger charge is -2.12. The second kappa shape index (κ2) is 9.83. The number of nitrogens with zero attached hydrogens (tertiary/aromatic N) is 3. The first-order chi connectivity index (χ1) is 10.2. The fourth-order valence-corrected chi connectivity index (χ4v) is 2.22. The summed E-state index contributed by atoms with van der Waals surface area (Å²) in [5.74, 6) is -0.199. The molecule has 0 aliphatic heterocycles. The standard InChI is InChI=1S/C16H23N3O2/c1-3-6-13-9-11-14(12-10-13)15(18-19-17)7-5-8-16(20)21-4-2/h9-12,15H,3-8H2,1-2H3. The fraction of sp³-hybridized carbons (Fsp3) is 0.562. The highest BCUT2D eigenvalue weighted by Gasteiger charge is 2.11. The monoisotopic (exact) mass is 289 g/mol. The van der Waals surface area contributed by atoms with Gasteiger partial charge < -0.3 is 4.74 Å². The van der Waals surface area contributed by atoms with Crippen LogP contribution in [0.2, 0.25) is 0 Å². The summed E-state index contributed by atoms with van der Waals surface area (Å²) >= 11 is 0. The molecule has 0 saturated carbocycles. The molecule has 0 heterocycles. The predicted octanol–water partition coefficient (Wildman–Crippen LogP) is 4.72. The first kappa shape index (κ1) is 17.1. The van der Waals surface area contributed by atoms with Crippen LogP contribution in [-0.4, -0.2) is 12.6 Å². The first-order valence-electron chi connectivity index (χ1n) is 7.49. The SMILES string of the molecule is CCCc1ccc(C(CCCC(=O)OCC)N=[N+]=[N-])cc1. The van der Waals surface area contributed by atoms with E-state index in [1.54, 1.807) is 6.92 Å². The van der Waals surface area contributed by atoms with E-state index in [4.69, 9.17) is 10.3 Å². The second-order valence-corrected chi connectivity index (χ2v) is 4.91. The molecule has 0 fully saturated rings. The van der Waals surface area contributed by atoms with E-state index < -0.39 is 0 Å². The highest BCUT2D eigenvalue weighted by atomic mass is 16.5. The minimum absolute atomic E-state index is 0.199. The Bertz CT molecular complexity index is 479. The first-order valence-corrected chi connectivity index (χ1v) is 7.49.